The highest BCUT2D eigenvalue weighted by Gasteiger charge is 2.17. The summed E-state index contributed by atoms with van der Waals surface area (Å²) in [6.07, 6.45) is 6.06. The molecule has 4 heteroatoms. The topological polar surface area (TPSA) is 46.3 Å². The number of hydrogen-bond acceptors (Lipinski definition) is 3. The molecule has 2 N–H and O–H groups in total. The molecule has 0 radical (unpaired) electrons. The van der Waals surface area contributed by atoms with Gasteiger partial charge in [-0.2, -0.15) is 12.6 Å². The highest BCUT2D eigenvalue weighted by Crippen LogP contribution is 2.24. The van der Waals surface area contributed by atoms with Crippen molar-refractivity contribution in [1.29, 1.82) is 0 Å². The highest BCUT2D eigenvalue weighted by molar-refractivity contribution is 7.79. The molecule has 0 saturated heterocycles. The number of nitrogens with zero attached hydrogens (tertiary/aromatic N) is 1. The summed E-state index contributed by atoms with van der Waals surface area (Å²) in [4.78, 5) is 13.1. The molecular formula is C15H18N2OS. The second-order valence-corrected chi connectivity index (χ2v) is 4.88. The number of allylic oxidation sites excluding steroid dienone is 2. The predicted octanol–water partition coefficient (Wildman–Crippen LogP) is 2.20. The zero-order valence-corrected chi connectivity index (χ0v) is 11.8. The van der Waals surface area contributed by atoms with Crippen LogP contribution in [-0.2, 0) is 10.5 Å². The van der Waals surface area contributed by atoms with Gasteiger partial charge in [-0.25, -0.2) is 0 Å². The van der Waals surface area contributed by atoms with Crippen LogP contribution < -0.4 is 5.73 Å². The summed E-state index contributed by atoms with van der Waals surface area (Å²) in [6.45, 7) is 2.50. The summed E-state index contributed by atoms with van der Waals surface area (Å²) < 4.78 is 0. The predicted molar refractivity (Wildman–Crippen MR) is 81.6 cm³/mol. The number of carbonyl (C=O) groups excluding carboxylic acids is 1. The number of carbonyl (C=O) groups is 1. The molecule has 0 fully saturated rings. The van der Waals surface area contributed by atoms with Crippen molar-refractivity contribution in [3.63, 3.8) is 0 Å². The van der Waals surface area contributed by atoms with Gasteiger partial charge < -0.3 is 10.6 Å². The first-order chi connectivity index (χ1) is 9.13. The molecule has 1 aromatic rings. The molecule has 0 aromatic heterocycles. The van der Waals surface area contributed by atoms with Gasteiger partial charge >= 0.3 is 0 Å². The highest BCUT2D eigenvalue weighted by atomic mass is 32.1. The fourth-order valence-electron chi connectivity index (χ4n) is 2.10. The summed E-state index contributed by atoms with van der Waals surface area (Å²) in [6, 6.07) is 7.93. The summed E-state index contributed by atoms with van der Waals surface area (Å²) in [5.74, 6) is 0.403. The molecule has 1 aliphatic rings. The first kappa shape index (κ1) is 13.7. The molecule has 1 aromatic carbocycles. The number of nitrogens with two attached hydrogens (primary N) is 1. The van der Waals surface area contributed by atoms with Gasteiger partial charge in [-0.15, -0.1) is 0 Å². The summed E-state index contributed by atoms with van der Waals surface area (Å²) in [5, 5.41) is 0. The van der Waals surface area contributed by atoms with Gasteiger partial charge in [0.15, 0.2) is 0 Å². The van der Waals surface area contributed by atoms with Crippen molar-refractivity contribution in [2.75, 3.05) is 6.54 Å². The fraction of sp³-hybridized carbons (Fsp3) is 0.267. The molecule has 1 amide bonds. The lowest BCUT2D eigenvalue weighted by Gasteiger charge is -2.27. The van der Waals surface area contributed by atoms with E-state index in [0.717, 1.165) is 5.57 Å². The molecular weight excluding hydrogens is 256 g/mol. The Morgan fingerprint density at radius 3 is 2.79 bits per heavy atom. The number of amides is 1. The van der Waals surface area contributed by atoms with Crippen molar-refractivity contribution < 1.29 is 4.79 Å². The van der Waals surface area contributed by atoms with Gasteiger partial charge in [0, 0.05) is 18.5 Å². The van der Waals surface area contributed by atoms with Gasteiger partial charge in [-0.05, 0) is 29.7 Å². The van der Waals surface area contributed by atoms with Gasteiger partial charge in [0.25, 0.3) is 0 Å². The van der Waals surface area contributed by atoms with Crippen molar-refractivity contribution in [3.8, 4) is 0 Å². The maximum Gasteiger partial charge on any atom is 0.239 e. The van der Waals surface area contributed by atoms with Crippen LogP contribution >= 0.6 is 12.6 Å². The lowest BCUT2D eigenvalue weighted by Crippen LogP contribution is -2.40. The maximum atomic E-state index is 11.2. The normalized spacial score (nSPS) is 16.1. The third-order valence-electron chi connectivity index (χ3n) is 3.38. The average Bonchev–Trinajstić information content (AvgIpc) is 2.46. The smallest absolute Gasteiger partial charge is 0.239 e. The van der Waals surface area contributed by atoms with E-state index in [0.29, 0.717) is 12.3 Å². The van der Waals surface area contributed by atoms with Crippen LogP contribution in [0, 0.1) is 0 Å². The third-order valence-corrected chi connectivity index (χ3v) is 3.72. The van der Waals surface area contributed by atoms with Gasteiger partial charge in [0.2, 0.25) is 5.91 Å². The lowest BCUT2D eigenvalue weighted by molar-refractivity contribution is -0.121. The molecule has 1 atom stereocenters. The van der Waals surface area contributed by atoms with Crippen LogP contribution in [0.15, 0.2) is 42.6 Å². The molecule has 0 saturated carbocycles. The first-order valence-electron chi connectivity index (χ1n) is 6.26. The largest absolute Gasteiger partial charge is 0.368 e. The molecule has 0 aliphatic carbocycles. The molecule has 1 unspecified atom stereocenters. The molecule has 100 valence electrons. The summed E-state index contributed by atoms with van der Waals surface area (Å²) in [7, 11) is 0. The number of rotatable bonds is 4. The molecule has 2 rings (SSSR count). The lowest BCUT2D eigenvalue weighted by atomic mass is 9.98. The Hall–Kier alpha value is -1.68. The van der Waals surface area contributed by atoms with E-state index in [1.54, 1.807) is 0 Å². The van der Waals surface area contributed by atoms with Crippen LogP contribution in [0.1, 0.15) is 18.1 Å². The quantitative estimate of drug-likeness (QED) is 0.827. The van der Waals surface area contributed by atoms with E-state index in [-0.39, 0.29) is 11.9 Å². The van der Waals surface area contributed by atoms with Gasteiger partial charge in [-0.1, -0.05) is 30.3 Å². The van der Waals surface area contributed by atoms with E-state index in [1.807, 2.05) is 36.2 Å². The van der Waals surface area contributed by atoms with E-state index < -0.39 is 0 Å². The molecule has 19 heavy (non-hydrogen) atoms. The Morgan fingerprint density at radius 1 is 1.47 bits per heavy atom. The van der Waals surface area contributed by atoms with E-state index in [1.165, 1.54) is 11.1 Å². The Balaban J connectivity index is 2.18. The van der Waals surface area contributed by atoms with E-state index in [2.05, 4.69) is 30.8 Å². The van der Waals surface area contributed by atoms with Crippen molar-refractivity contribution in [1.82, 2.24) is 4.90 Å². The molecule has 1 aliphatic heterocycles. The van der Waals surface area contributed by atoms with E-state index in [4.69, 9.17) is 5.73 Å². The van der Waals surface area contributed by atoms with Gasteiger partial charge in [0.1, 0.15) is 6.04 Å². The van der Waals surface area contributed by atoms with Gasteiger partial charge in [-0.3, -0.25) is 4.79 Å². The molecule has 0 bridgehead atoms. The van der Waals surface area contributed by atoms with Crippen molar-refractivity contribution in [2.45, 2.75) is 18.7 Å². The van der Waals surface area contributed by atoms with Crippen LogP contribution in [0.25, 0.3) is 5.57 Å². The van der Waals surface area contributed by atoms with Crippen LogP contribution in [0.3, 0.4) is 0 Å². The zero-order valence-electron chi connectivity index (χ0n) is 10.9. The molecule has 3 nitrogen and oxygen atoms in total. The monoisotopic (exact) mass is 274 g/mol. The van der Waals surface area contributed by atoms with Crippen LogP contribution in [0.4, 0.5) is 0 Å². The maximum absolute atomic E-state index is 11.2. The fourth-order valence-corrected chi connectivity index (χ4v) is 2.37. The zero-order chi connectivity index (χ0) is 13.8. The minimum Gasteiger partial charge on any atom is -0.368 e. The number of primary amides is 1. The molecule has 0 spiro atoms. The minimum atomic E-state index is -0.308. The number of benzene rings is 1. The Labute approximate surface area is 119 Å². The number of thiol groups is 1. The standard InChI is InChI=1S/C15H18N2OS/c1-11(15(16)18)17-8-6-12(7-9-17)14-5-3-2-4-13(14)10-19/h2-8,11,19H,9-10H2,1H3,(H2,16,18). The third kappa shape index (κ3) is 3.01. The van der Waals surface area contributed by atoms with Gasteiger partial charge in [0.05, 0.1) is 0 Å². The number of hydrogen-bond donors (Lipinski definition) is 2. The van der Waals surface area contributed by atoms with Crippen molar-refractivity contribution in [3.05, 3.63) is 53.7 Å². The minimum absolute atomic E-state index is 0.283. The Morgan fingerprint density at radius 2 is 2.21 bits per heavy atom. The molecule has 1 heterocycles. The van der Waals surface area contributed by atoms with Crippen LogP contribution in [0.2, 0.25) is 0 Å². The van der Waals surface area contributed by atoms with Crippen LogP contribution in [0.5, 0.6) is 0 Å². The van der Waals surface area contributed by atoms with Crippen molar-refractivity contribution >= 4 is 24.1 Å². The summed E-state index contributed by atoms with van der Waals surface area (Å²) in [5.41, 5.74) is 8.88. The van der Waals surface area contributed by atoms with Crippen LogP contribution in [-0.4, -0.2) is 23.4 Å². The SMILES string of the molecule is CC(C(N)=O)N1C=CC(c2ccccc2CS)=CC1. The Bertz CT molecular complexity index is 537. The second kappa shape index (κ2) is 5.97. The second-order valence-electron chi connectivity index (χ2n) is 4.57. The van der Waals surface area contributed by atoms with Crippen molar-refractivity contribution in [2.24, 2.45) is 5.73 Å². The van der Waals surface area contributed by atoms with E-state index >= 15 is 0 Å². The first-order valence-corrected chi connectivity index (χ1v) is 6.89. The average molecular weight is 274 g/mol. The summed E-state index contributed by atoms with van der Waals surface area (Å²) >= 11 is 4.35. The van der Waals surface area contributed by atoms with E-state index in [9.17, 15) is 4.79 Å². The Kier molecular flexibility index (Phi) is 4.32.